The van der Waals surface area contributed by atoms with Crippen molar-refractivity contribution in [3.63, 3.8) is 0 Å². The van der Waals surface area contributed by atoms with E-state index >= 15 is 0 Å². The maximum atomic E-state index is 5.74. The molecule has 0 aliphatic rings. The van der Waals surface area contributed by atoms with Crippen molar-refractivity contribution in [2.24, 2.45) is 5.73 Å². The maximum Gasteiger partial charge on any atom is 0.00793 e. The predicted octanol–water partition coefficient (Wildman–Crippen LogP) is 1.78. The molecular formula is C10H14N. The van der Waals surface area contributed by atoms with Gasteiger partial charge in [0.15, 0.2) is 0 Å². The summed E-state index contributed by atoms with van der Waals surface area (Å²) >= 11 is 0. The van der Waals surface area contributed by atoms with Crippen LogP contribution in [0.4, 0.5) is 0 Å². The van der Waals surface area contributed by atoms with Crippen LogP contribution in [0.25, 0.3) is 0 Å². The molecule has 1 unspecified atom stereocenters. The summed E-state index contributed by atoms with van der Waals surface area (Å²) in [5.41, 5.74) is 7.04. The molecule has 2 N–H and O–H groups in total. The lowest BCUT2D eigenvalue weighted by Gasteiger charge is -2.07. The fourth-order valence-corrected chi connectivity index (χ4v) is 1.02. The second-order valence-electron chi connectivity index (χ2n) is 2.74. The van der Waals surface area contributed by atoms with Gasteiger partial charge in [0.2, 0.25) is 0 Å². The topological polar surface area (TPSA) is 26.0 Å². The molecule has 1 atom stereocenters. The Hall–Kier alpha value is -0.820. The van der Waals surface area contributed by atoms with Crippen molar-refractivity contribution in [2.75, 3.05) is 0 Å². The van der Waals surface area contributed by atoms with E-state index in [1.807, 2.05) is 18.2 Å². The van der Waals surface area contributed by atoms with Gasteiger partial charge in [-0.05, 0) is 18.4 Å². The molecular weight excluding hydrogens is 134 g/mol. The lowest BCUT2D eigenvalue weighted by molar-refractivity contribution is 0.677. The summed E-state index contributed by atoms with van der Waals surface area (Å²) in [6.07, 6.45) is 1.74. The van der Waals surface area contributed by atoms with Gasteiger partial charge in [0.05, 0.1) is 0 Å². The van der Waals surface area contributed by atoms with Gasteiger partial charge in [-0.3, -0.25) is 0 Å². The smallest absolute Gasteiger partial charge is 0.00793 e. The van der Waals surface area contributed by atoms with Crippen LogP contribution in [0.3, 0.4) is 0 Å². The molecule has 0 aromatic heterocycles. The van der Waals surface area contributed by atoms with Gasteiger partial charge >= 0.3 is 0 Å². The fourth-order valence-electron chi connectivity index (χ4n) is 1.02. The zero-order chi connectivity index (χ0) is 8.10. The summed E-state index contributed by atoms with van der Waals surface area (Å²) in [4.78, 5) is 0. The quantitative estimate of drug-likeness (QED) is 0.694. The molecule has 0 heterocycles. The Morgan fingerprint density at radius 2 is 1.91 bits per heavy atom. The Morgan fingerprint density at radius 3 is 2.45 bits per heavy atom. The van der Waals surface area contributed by atoms with Gasteiger partial charge in [0.25, 0.3) is 0 Å². The molecule has 0 saturated carbocycles. The number of hydrogen-bond acceptors (Lipinski definition) is 1. The molecule has 1 heteroatoms. The second-order valence-corrected chi connectivity index (χ2v) is 2.74. The standard InChI is InChI=1S/C10H14N/c1-2-10(11)8-9-6-4-3-5-7-9/h3-7,10H,1-2,8,11H2. The normalized spacial score (nSPS) is 12.9. The first-order valence-electron chi connectivity index (χ1n) is 3.91. The van der Waals surface area contributed by atoms with E-state index in [-0.39, 0.29) is 6.04 Å². The predicted molar refractivity (Wildman–Crippen MR) is 48.1 cm³/mol. The average molecular weight is 148 g/mol. The van der Waals surface area contributed by atoms with Crippen molar-refractivity contribution >= 4 is 0 Å². The van der Waals surface area contributed by atoms with E-state index in [1.165, 1.54) is 5.56 Å². The summed E-state index contributed by atoms with van der Waals surface area (Å²) in [6, 6.07) is 10.5. The SMILES string of the molecule is [CH2]CC(N)Cc1ccccc1. The van der Waals surface area contributed by atoms with Crippen molar-refractivity contribution in [3.8, 4) is 0 Å². The summed E-state index contributed by atoms with van der Waals surface area (Å²) in [5.74, 6) is 0. The molecule has 11 heavy (non-hydrogen) atoms. The van der Waals surface area contributed by atoms with E-state index in [2.05, 4.69) is 19.1 Å². The molecule has 0 saturated heterocycles. The molecule has 1 nitrogen and oxygen atoms in total. The minimum atomic E-state index is 0.206. The lowest BCUT2D eigenvalue weighted by atomic mass is 10.1. The van der Waals surface area contributed by atoms with Crippen molar-refractivity contribution in [1.29, 1.82) is 0 Å². The Kier molecular flexibility index (Phi) is 3.12. The number of benzene rings is 1. The monoisotopic (exact) mass is 148 g/mol. The zero-order valence-electron chi connectivity index (χ0n) is 6.66. The fraction of sp³-hybridized carbons (Fsp3) is 0.300. The van der Waals surface area contributed by atoms with Gasteiger partial charge in [-0.15, -0.1) is 0 Å². The van der Waals surface area contributed by atoms with Crippen LogP contribution >= 0.6 is 0 Å². The third kappa shape index (κ3) is 2.72. The third-order valence-electron chi connectivity index (χ3n) is 1.71. The van der Waals surface area contributed by atoms with Crippen LogP contribution in [0.15, 0.2) is 30.3 Å². The summed E-state index contributed by atoms with van der Waals surface area (Å²) in [5, 5.41) is 0. The van der Waals surface area contributed by atoms with Crippen LogP contribution in [0.5, 0.6) is 0 Å². The summed E-state index contributed by atoms with van der Waals surface area (Å²) in [6.45, 7) is 3.76. The van der Waals surface area contributed by atoms with Gasteiger partial charge in [0.1, 0.15) is 0 Å². The van der Waals surface area contributed by atoms with Gasteiger partial charge in [-0.1, -0.05) is 37.3 Å². The highest BCUT2D eigenvalue weighted by Crippen LogP contribution is 2.02. The molecule has 59 valence electrons. The van der Waals surface area contributed by atoms with Crippen LogP contribution in [0.2, 0.25) is 0 Å². The van der Waals surface area contributed by atoms with E-state index in [4.69, 9.17) is 5.73 Å². The summed E-state index contributed by atoms with van der Waals surface area (Å²) < 4.78 is 0. The lowest BCUT2D eigenvalue weighted by Crippen LogP contribution is -2.21. The van der Waals surface area contributed by atoms with Crippen LogP contribution in [-0.4, -0.2) is 6.04 Å². The Morgan fingerprint density at radius 1 is 1.27 bits per heavy atom. The van der Waals surface area contributed by atoms with E-state index in [9.17, 15) is 0 Å². The number of nitrogens with two attached hydrogens (primary N) is 1. The first kappa shape index (κ1) is 8.28. The van der Waals surface area contributed by atoms with E-state index in [0.717, 1.165) is 12.8 Å². The molecule has 1 rings (SSSR count). The molecule has 1 radical (unpaired) electrons. The first-order valence-corrected chi connectivity index (χ1v) is 3.91. The van der Waals surface area contributed by atoms with Crippen molar-refractivity contribution in [2.45, 2.75) is 18.9 Å². The van der Waals surface area contributed by atoms with Gasteiger partial charge in [-0.25, -0.2) is 0 Å². The van der Waals surface area contributed by atoms with Gasteiger partial charge in [0, 0.05) is 6.04 Å². The highest BCUT2D eigenvalue weighted by molar-refractivity contribution is 5.15. The highest BCUT2D eigenvalue weighted by Gasteiger charge is 1.98. The third-order valence-corrected chi connectivity index (χ3v) is 1.71. The second kappa shape index (κ2) is 4.14. The van der Waals surface area contributed by atoms with Crippen LogP contribution in [-0.2, 0) is 6.42 Å². The Balaban J connectivity index is 2.51. The zero-order valence-corrected chi connectivity index (χ0v) is 6.66. The van der Waals surface area contributed by atoms with Crippen molar-refractivity contribution in [1.82, 2.24) is 0 Å². The van der Waals surface area contributed by atoms with Crippen LogP contribution in [0.1, 0.15) is 12.0 Å². The molecule has 0 bridgehead atoms. The van der Waals surface area contributed by atoms with E-state index in [1.54, 1.807) is 0 Å². The molecule has 0 aliphatic heterocycles. The number of rotatable bonds is 3. The van der Waals surface area contributed by atoms with Crippen LogP contribution in [0, 0.1) is 6.92 Å². The molecule has 1 aromatic rings. The first-order chi connectivity index (χ1) is 5.33. The molecule has 0 amide bonds. The van der Waals surface area contributed by atoms with Crippen LogP contribution < -0.4 is 5.73 Å². The number of hydrogen-bond donors (Lipinski definition) is 1. The Bertz CT molecular complexity index is 193. The molecule has 0 fully saturated rings. The summed E-state index contributed by atoms with van der Waals surface area (Å²) in [7, 11) is 0. The Labute approximate surface area is 68.2 Å². The van der Waals surface area contributed by atoms with E-state index in [0.29, 0.717) is 0 Å². The van der Waals surface area contributed by atoms with Gasteiger partial charge < -0.3 is 5.73 Å². The largest absolute Gasteiger partial charge is 0.327 e. The van der Waals surface area contributed by atoms with E-state index < -0.39 is 0 Å². The highest BCUT2D eigenvalue weighted by atomic mass is 14.6. The average Bonchev–Trinajstić information content (AvgIpc) is 2.06. The molecule has 1 aromatic carbocycles. The van der Waals surface area contributed by atoms with Crippen molar-refractivity contribution in [3.05, 3.63) is 42.8 Å². The molecule has 0 aliphatic carbocycles. The maximum absolute atomic E-state index is 5.74. The van der Waals surface area contributed by atoms with Gasteiger partial charge in [-0.2, -0.15) is 0 Å². The molecule has 0 spiro atoms. The minimum Gasteiger partial charge on any atom is -0.327 e. The minimum absolute atomic E-state index is 0.206. The van der Waals surface area contributed by atoms with Crippen molar-refractivity contribution < 1.29 is 0 Å².